The normalized spacial score (nSPS) is 16.4. The zero-order chi connectivity index (χ0) is 16.7. The Labute approximate surface area is 151 Å². The summed E-state index contributed by atoms with van der Waals surface area (Å²) in [5, 5.41) is 0.0274. The quantitative estimate of drug-likeness (QED) is 0.298. The highest BCUT2D eigenvalue weighted by molar-refractivity contribution is 6.53. The molecule has 2 aromatic rings. The predicted molar refractivity (Wildman–Crippen MR) is 88.5 cm³/mol. The van der Waals surface area contributed by atoms with Gasteiger partial charge in [-0.2, -0.15) is 0 Å². The first-order valence-corrected chi connectivity index (χ1v) is 7.83. The van der Waals surface area contributed by atoms with E-state index in [2.05, 4.69) is 0 Å². The topological polar surface area (TPSA) is 44.8 Å². The Morgan fingerprint density at radius 1 is 0.913 bits per heavy atom. The first-order chi connectivity index (χ1) is 10.9. The number of esters is 1. The van der Waals surface area contributed by atoms with E-state index >= 15 is 0 Å². The van der Waals surface area contributed by atoms with Crippen molar-refractivity contribution in [1.82, 2.24) is 0 Å². The highest BCUT2D eigenvalue weighted by Crippen LogP contribution is 2.53. The minimum Gasteiger partial charge on any atom is -0.497 e. The molecule has 8 heteroatoms. The highest BCUT2D eigenvalue weighted by Gasteiger charge is 2.36. The molecule has 3 rings (SSSR count). The first-order valence-electron chi connectivity index (χ1n) is 6.32. The molecular weight excluding hydrogens is 386 g/mol. The largest absolute Gasteiger partial charge is 0.497 e. The van der Waals surface area contributed by atoms with Gasteiger partial charge in [-0.1, -0.05) is 58.5 Å². The van der Waals surface area contributed by atoms with Crippen molar-refractivity contribution in [1.29, 1.82) is 0 Å². The van der Waals surface area contributed by atoms with Gasteiger partial charge in [0.1, 0.15) is 15.8 Å². The number of rotatable bonds is 2. The number of methoxy groups -OCH3 is 1. The summed E-state index contributed by atoms with van der Waals surface area (Å²) in [7, 11) is 1.55. The summed E-state index contributed by atoms with van der Waals surface area (Å²) in [6.07, 6.45) is -1.00. The third-order valence-corrected chi connectivity index (χ3v) is 5.02. The Morgan fingerprint density at radius 3 is 2.04 bits per heavy atom. The molecule has 0 aromatic heterocycles. The summed E-state index contributed by atoms with van der Waals surface area (Å²) in [4.78, 5) is 12.2. The van der Waals surface area contributed by atoms with Crippen molar-refractivity contribution in [2.45, 2.75) is 6.10 Å². The number of halogens is 4. The van der Waals surface area contributed by atoms with Crippen LogP contribution >= 0.6 is 46.4 Å². The molecule has 0 N–H and O–H groups in total. The van der Waals surface area contributed by atoms with E-state index in [1.165, 1.54) is 0 Å². The molecule has 4 nitrogen and oxygen atoms in total. The molecule has 1 heterocycles. The molecule has 0 aliphatic carbocycles. The Kier molecular flexibility index (Phi) is 4.52. The van der Waals surface area contributed by atoms with Gasteiger partial charge in [0.25, 0.3) is 0 Å². The van der Waals surface area contributed by atoms with Crippen LogP contribution in [0, 0.1) is 0 Å². The molecule has 0 radical (unpaired) electrons. The molecule has 0 saturated carbocycles. The van der Waals surface area contributed by atoms with E-state index in [0.717, 1.165) is 0 Å². The molecule has 120 valence electrons. The van der Waals surface area contributed by atoms with Crippen LogP contribution in [0.1, 0.15) is 11.7 Å². The van der Waals surface area contributed by atoms with Gasteiger partial charge in [-0.25, -0.2) is 4.79 Å². The van der Waals surface area contributed by atoms with Crippen LogP contribution in [0.25, 0.3) is 0 Å². The van der Waals surface area contributed by atoms with Gasteiger partial charge in [0.2, 0.25) is 6.10 Å². The van der Waals surface area contributed by atoms with Gasteiger partial charge in [0.15, 0.2) is 11.5 Å². The summed E-state index contributed by atoms with van der Waals surface area (Å²) in [5.74, 6) is 0.0422. The number of ether oxygens (including phenoxy) is 3. The van der Waals surface area contributed by atoms with Crippen molar-refractivity contribution in [3.05, 3.63) is 49.9 Å². The minimum absolute atomic E-state index is 0.00335. The SMILES string of the molecule is COc1ccc(C2Oc3c(Cl)c(Cl)c(Cl)c(Cl)c3OC2=O)cc1. The summed E-state index contributed by atoms with van der Waals surface area (Å²) in [5.41, 5.74) is 0.569. The molecule has 23 heavy (non-hydrogen) atoms. The molecule has 2 aromatic carbocycles. The second-order valence-corrected chi connectivity index (χ2v) is 6.12. The average Bonchev–Trinajstić information content (AvgIpc) is 2.58. The van der Waals surface area contributed by atoms with Crippen molar-refractivity contribution in [2.24, 2.45) is 0 Å². The van der Waals surface area contributed by atoms with Crippen molar-refractivity contribution in [2.75, 3.05) is 7.11 Å². The molecule has 0 fully saturated rings. The van der Waals surface area contributed by atoms with Crippen LogP contribution < -0.4 is 14.2 Å². The maximum Gasteiger partial charge on any atom is 0.357 e. The third kappa shape index (κ3) is 2.81. The lowest BCUT2D eigenvalue weighted by Crippen LogP contribution is -2.28. The maximum absolute atomic E-state index is 12.2. The van der Waals surface area contributed by atoms with Gasteiger partial charge in [0.05, 0.1) is 17.2 Å². The van der Waals surface area contributed by atoms with E-state index in [1.807, 2.05) is 0 Å². The number of fused-ring (bicyclic) bond motifs is 1. The van der Waals surface area contributed by atoms with Crippen molar-refractivity contribution < 1.29 is 19.0 Å². The Hall–Kier alpha value is -1.33. The molecular formula is C15H8Cl4O4. The minimum atomic E-state index is -1.00. The van der Waals surface area contributed by atoms with Gasteiger partial charge in [-0.15, -0.1) is 0 Å². The van der Waals surface area contributed by atoms with Crippen LogP contribution in [0.5, 0.6) is 17.2 Å². The molecule has 1 unspecified atom stereocenters. The second kappa shape index (κ2) is 6.29. The van der Waals surface area contributed by atoms with Gasteiger partial charge >= 0.3 is 5.97 Å². The van der Waals surface area contributed by atoms with Crippen molar-refractivity contribution >= 4 is 52.4 Å². The molecule has 0 saturated heterocycles. The molecule has 1 atom stereocenters. The number of carbonyl (C=O) groups is 1. The molecule has 0 bridgehead atoms. The summed E-state index contributed by atoms with van der Waals surface area (Å²) < 4.78 is 16.0. The van der Waals surface area contributed by atoms with Crippen LogP contribution in [0.2, 0.25) is 20.1 Å². The standard InChI is InChI=1S/C15H8Cl4O4/c1-21-7-4-2-6(3-5-7)12-15(20)23-14-11(19)9(17)8(16)10(18)13(14)22-12/h2-5,12H,1H3. The highest BCUT2D eigenvalue weighted by atomic mass is 35.5. The van der Waals surface area contributed by atoms with Crippen LogP contribution in [-0.4, -0.2) is 13.1 Å². The number of hydrogen-bond acceptors (Lipinski definition) is 4. The number of benzene rings is 2. The van der Waals surface area contributed by atoms with Crippen molar-refractivity contribution in [3.8, 4) is 17.2 Å². The lowest BCUT2D eigenvalue weighted by atomic mass is 10.1. The number of carbonyl (C=O) groups excluding carboxylic acids is 1. The number of hydrogen-bond donors (Lipinski definition) is 0. The smallest absolute Gasteiger partial charge is 0.357 e. The fourth-order valence-electron chi connectivity index (χ4n) is 2.09. The van der Waals surface area contributed by atoms with Crippen molar-refractivity contribution in [3.63, 3.8) is 0 Å². The fraction of sp³-hybridized carbons (Fsp3) is 0.133. The van der Waals surface area contributed by atoms with Gasteiger partial charge < -0.3 is 14.2 Å². The van der Waals surface area contributed by atoms with E-state index in [-0.39, 0.29) is 31.6 Å². The van der Waals surface area contributed by atoms with E-state index in [9.17, 15) is 4.79 Å². The monoisotopic (exact) mass is 392 g/mol. The Balaban J connectivity index is 2.04. The Morgan fingerprint density at radius 2 is 1.48 bits per heavy atom. The van der Waals surface area contributed by atoms with E-state index in [0.29, 0.717) is 11.3 Å². The molecule has 0 spiro atoms. The Bertz CT molecular complexity index is 789. The lowest BCUT2D eigenvalue weighted by Gasteiger charge is -2.27. The fourth-order valence-corrected chi connectivity index (χ4v) is 2.99. The zero-order valence-electron chi connectivity index (χ0n) is 11.5. The predicted octanol–water partition coefficient (Wildman–Crippen LogP) is 5.35. The van der Waals surface area contributed by atoms with Gasteiger partial charge in [-0.3, -0.25) is 0 Å². The first kappa shape index (κ1) is 16.5. The molecule has 1 aliphatic heterocycles. The maximum atomic E-state index is 12.2. The molecule has 0 amide bonds. The van der Waals surface area contributed by atoms with Crippen LogP contribution in [0.15, 0.2) is 24.3 Å². The summed E-state index contributed by atoms with van der Waals surface area (Å²) in [6.45, 7) is 0. The average molecular weight is 394 g/mol. The summed E-state index contributed by atoms with van der Waals surface area (Å²) >= 11 is 24.1. The summed E-state index contributed by atoms with van der Waals surface area (Å²) in [6, 6.07) is 6.77. The van der Waals surface area contributed by atoms with E-state index < -0.39 is 12.1 Å². The van der Waals surface area contributed by atoms with Crippen LogP contribution in [-0.2, 0) is 4.79 Å². The van der Waals surface area contributed by atoms with Crippen LogP contribution in [0.4, 0.5) is 0 Å². The van der Waals surface area contributed by atoms with Gasteiger partial charge in [0, 0.05) is 5.56 Å². The third-order valence-electron chi connectivity index (χ3n) is 3.25. The van der Waals surface area contributed by atoms with E-state index in [4.69, 9.17) is 60.6 Å². The zero-order valence-corrected chi connectivity index (χ0v) is 14.6. The lowest BCUT2D eigenvalue weighted by molar-refractivity contribution is -0.145. The van der Waals surface area contributed by atoms with Gasteiger partial charge in [-0.05, 0) is 12.1 Å². The van der Waals surface area contributed by atoms with Crippen LogP contribution in [0.3, 0.4) is 0 Å². The second-order valence-electron chi connectivity index (χ2n) is 4.61. The molecule has 1 aliphatic rings. The van der Waals surface area contributed by atoms with E-state index in [1.54, 1.807) is 31.4 Å².